The van der Waals surface area contributed by atoms with E-state index in [1.54, 1.807) is 29.6 Å². The quantitative estimate of drug-likeness (QED) is 0.517. The first-order chi connectivity index (χ1) is 18.6. The zero-order valence-corrected chi connectivity index (χ0v) is 20.8. The molecule has 0 aromatic carbocycles. The van der Waals surface area contributed by atoms with E-state index in [0.717, 1.165) is 25.1 Å². The molecule has 4 rings (SSSR count). The van der Waals surface area contributed by atoms with Crippen LogP contribution in [0.15, 0.2) is 42.9 Å². The number of hydrogen-bond donors (Lipinski definition) is 2. The zero-order valence-electron chi connectivity index (χ0n) is 20.8. The average molecular weight is 581 g/mol. The van der Waals surface area contributed by atoms with E-state index >= 15 is 0 Å². The Morgan fingerprint density at radius 2 is 1.52 bits per heavy atom. The lowest BCUT2D eigenvalue weighted by Crippen LogP contribution is -2.53. The van der Waals surface area contributed by atoms with Crippen LogP contribution in [0.2, 0.25) is 0 Å². The van der Waals surface area contributed by atoms with Crippen molar-refractivity contribution < 1.29 is 55.7 Å². The second kappa shape index (κ2) is 13.9. The van der Waals surface area contributed by atoms with Gasteiger partial charge in [0.05, 0.1) is 30.3 Å². The summed E-state index contributed by atoms with van der Waals surface area (Å²) in [7, 11) is 1.84. The Hall–Kier alpha value is -4.02. The molecule has 2 aromatic heterocycles. The molecule has 0 aliphatic carbocycles. The fourth-order valence-electron chi connectivity index (χ4n) is 3.92. The molecule has 2 aromatic rings. The summed E-state index contributed by atoms with van der Waals surface area (Å²) >= 11 is 0. The van der Waals surface area contributed by atoms with Crippen molar-refractivity contribution in [1.82, 2.24) is 19.9 Å². The second-order valence-electron chi connectivity index (χ2n) is 8.52. The number of carbonyl (C=O) groups is 3. The molecule has 2 saturated heterocycles. The number of rotatable bonds is 4. The number of halogens is 6. The van der Waals surface area contributed by atoms with Gasteiger partial charge in [-0.05, 0) is 31.0 Å². The highest BCUT2D eigenvalue weighted by Crippen LogP contribution is 2.34. The molecule has 0 saturated carbocycles. The fourth-order valence-corrected chi connectivity index (χ4v) is 3.92. The molecular weight excluding hydrogens is 556 g/mol. The van der Waals surface area contributed by atoms with Crippen molar-refractivity contribution in [2.75, 3.05) is 25.1 Å². The fraction of sp³-hybridized carbons (Fsp3) is 0.478. The molecule has 2 N–H and O–H groups in total. The van der Waals surface area contributed by atoms with Crippen molar-refractivity contribution in [2.24, 2.45) is 5.92 Å². The van der Waals surface area contributed by atoms with E-state index in [1.807, 2.05) is 25.2 Å². The molecule has 220 valence electrons. The number of piperidine rings is 1. The van der Waals surface area contributed by atoms with Gasteiger partial charge in [0.25, 0.3) is 0 Å². The number of amides is 1. The maximum Gasteiger partial charge on any atom is 0.490 e. The average Bonchev–Trinajstić information content (AvgIpc) is 3.37. The molecule has 17 heteroatoms. The van der Waals surface area contributed by atoms with Gasteiger partial charge in [0.1, 0.15) is 0 Å². The van der Waals surface area contributed by atoms with Crippen LogP contribution < -0.4 is 4.90 Å². The summed E-state index contributed by atoms with van der Waals surface area (Å²) in [6.45, 7) is 1.86. The van der Waals surface area contributed by atoms with Crippen LogP contribution in [0.1, 0.15) is 18.5 Å². The van der Waals surface area contributed by atoms with Gasteiger partial charge >= 0.3 is 24.3 Å². The van der Waals surface area contributed by atoms with Gasteiger partial charge in [-0.15, -0.1) is 0 Å². The van der Waals surface area contributed by atoms with Crippen LogP contribution in [0.25, 0.3) is 0 Å². The number of carboxylic acids is 2. The Kier molecular flexibility index (Phi) is 11.2. The minimum absolute atomic E-state index is 0.0600. The summed E-state index contributed by atoms with van der Waals surface area (Å²) in [6.07, 6.45) is -3.17. The van der Waals surface area contributed by atoms with Gasteiger partial charge in [0, 0.05) is 38.8 Å². The third-order valence-electron chi connectivity index (χ3n) is 5.65. The minimum atomic E-state index is -5.08. The Balaban J connectivity index is 0.000000333. The van der Waals surface area contributed by atoms with E-state index < -0.39 is 24.3 Å². The van der Waals surface area contributed by atoms with Crippen LogP contribution >= 0.6 is 0 Å². The lowest BCUT2D eigenvalue weighted by Gasteiger charge is -2.41. The van der Waals surface area contributed by atoms with Crippen LogP contribution in [-0.4, -0.2) is 92.6 Å². The molecule has 40 heavy (non-hydrogen) atoms. The largest absolute Gasteiger partial charge is 0.490 e. The highest BCUT2D eigenvalue weighted by atomic mass is 19.4. The lowest BCUT2D eigenvalue weighted by molar-refractivity contribution is -0.193. The standard InChI is InChI=1S/C19H23N5O2.2C2HF3O2/c1-23(13-15-5-2-3-7-20-15)18(25)14-11-17-16(6-10-26-17)24(12-14)19-21-8-4-9-22-19;2*3-2(4,5)1(6)7/h2-5,7-9,14,16-17H,6,10-13H2,1H3;2*(H,6,7)/t14-,16-,17-;;/m1../s1. The lowest BCUT2D eigenvalue weighted by atomic mass is 9.89. The summed E-state index contributed by atoms with van der Waals surface area (Å²) < 4.78 is 69.4. The van der Waals surface area contributed by atoms with Gasteiger partial charge < -0.3 is 24.7 Å². The number of aliphatic carboxylic acids is 2. The zero-order chi connectivity index (χ0) is 30.1. The normalized spacial score (nSPS) is 20.2. The Morgan fingerprint density at radius 3 is 2.02 bits per heavy atom. The van der Waals surface area contributed by atoms with Crippen molar-refractivity contribution in [3.8, 4) is 0 Å². The molecule has 0 radical (unpaired) electrons. The molecule has 2 aliphatic heterocycles. The van der Waals surface area contributed by atoms with E-state index in [1.165, 1.54) is 0 Å². The minimum Gasteiger partial charge on any atom is -0.475 e. The first kappa shape index (κ1) is 32.2. The van der Waals surface area contributed by atoms with Gasteiger partial charge in [-0.1, -0.05) is 6.07 Å². The Bertz CT molecular complexity index is 1100. The molecule has 1 amide bonds. The van der Waals surface area contributed by atoms with E-state index in [2.05, 4.69) is 19.9 Å². The number of fused-ring (bicyclic) bond motifs is 1. The number of ether oxygens (including phenoxy) is 1. The van der Waals surface area contributed by atoms with Crippen molar-refractivity contribution in [1.29, 1.82) is 0 Å². The molecule has 0 unspecified atom stereocenters. The Morgan fingerprint density at radius 1 is 0.975 bits per heavy atom. The van der Waals surface area contributed by atoms with Crippen molar-refractivity contribution in [3.05, 3.63) is 48.5 Å². The van der Waals surface area contributed by atoms with E-state index in [4.69, 9.17) is 24.5 Å². The van der Waals surface area contributed by atoms with E-state index in [0.29, 0.717) is 19.0 Å². The second-order valence-corrected chi connectivity index (χ2v) is 8.52. The van der Waals surface area contributed by atoms with E-state index in [-0.39, 0.29) is 24.0 Å². The molecule has 11 nitrogen and oxygen atoms in total. The first-order valence-corrected chi connectivity index (χ1v) is 11.5. The van der Waals surface area contributed by atoms with Crippen LogP contribution in [0, 0.1) is 5.92 Å². The van der Waals surface area contributed by atoms with Crippen LogP contribution in [-0.2, 0) is 25.7 Å². The third-order valence-corrected chi connectivity index (χ3v) is 5.65. The summed E-state index contributed by atoms with van der Waals surface area (Å²) in [4.78, 5) is 47.8. The van der Waals surface area contributed by atoms with Gasteiger partial charge in [0.15, 0.2) is 0 Å². The first-order valence-electron chi connectivity index (χ1n) is 11.5. The predicted molar refractivity (Wildman–Crippen MR) is 124 cm³/mol. The number of hydrogen-bond acceptors (Lipinski definition) is 8. The topological polar surface area (TPSA) is 146 Å². The summed E-state index contributed by atoms with van der Waals surface area (Å²) in [6, 6.07) is 7.81. The van der Waals surface area contributed by atoms with Crippen LogP contribution in [0.3, 0.4) is 0 Å². The number of carboxylic acid groups (broad SMARTS) is 2. The van der Waals surface area contributed by atoms with Crippen molar-refractivity contribution in [2.45, 2.75) is 43.9 Å². The third kappa shape index (κ3) is 9.62. The maximum atomic E-state index is 13.0. The molecule has 2 fully saturated rings. The number of anilines is 1. The number of aromatic nitrogens is 3. The summed E-state index contributed by atoms with van der Waals surface area (Å²) in [5, 5.41) is 14.2. The summed E-state index contributed by atoms with van der Waals surface area (Å²) in [5.41, 5.74) is 0.886. The Labute approximate surface area is 223 Å². The number of pyridine rings is 1. The highest BCUT2D eigenvalue weighted by molar-refractivity contribution is 5.79. The highest BCUT2D eigenvalue weighted by Gasteiger charge is 2.44. The monoisotopic (exact) mass is 581 g/mol. The van der Waals surface area contributed by atoms with Gasteiger partial charge in [-0.3, -0.25) is 9.78 Å². The maximum absolute atomic E-state index is 13.0. The van der Waals surface area contributed by atoms with Crippen LogP contribution in [0.5, 0.6) is 0 Å². The predicted octanol–water partition coefficient (Wildman–Crippen LogP) is 2.78. The molecular formula is C23H25F6N5O6. The molecule has 3 atom stereocenters. The number of alkyl halides is 6. The molecule has 2 aliphatic rings. The number of carbonyl (C=O) groups excluding carboxylic acids is 1. The van der Waals surface area contributed by atoms with Gasteiger partial charge in [-0.25, -0.2) is 19.6 Å². The van der Waals surface area contributed by atoms with Crippen LogP contribution in [0.4, 0.5) is 32.3 Å². The van der Waals surface area contributed by atoms with Gasteiger partial charge in [0.2, 0.25) is 11.9 Å². The molecule has 4 heterocycles. The van der Waals surface area contributed by atoms with E-state index in [9.17, 15) is 31.1 Å². The summed E-state index contributed by atoms with van der Waals surface area (Å²) in [5.74, 6) is -4.85. The SMILES string of the molecule is CN(Cc1ccccn1)C(=O)[C@@H]1C[C@H]2OCC[C@H]2N(c2ncccn2)C1.O=C(O)C(F)(F)F.O=C(O)C(F)(F)F. The molecule has 0 bridgehead atoms. The smallest absolute Gasteiger partial charge is 0.475 e. The van der Waals surface area contributed by atoms with Crippen molar-refractivity contribution in [3.63, 3.8) is 0 Å². The van der Waals surface area contributed by atoms with Crippen molar-refractivity contribution >= 4 is 23.8 Å². The van der Waals surface area contributed by atoms with Gasteiger partial charge in [-0.2, -0.15) is 26.3 Å². The number of nitrogens with zero attached hydrogens (tertiary/aromatic N) is 5. The molecule has 0 spiro atoms.